The van der Waals surface area contributed by atoms with Gasteiger partial charge in [-0.3, -0.25) is 4.79 Å². The molecule has 0 N–H and O–H groups in total. The van der Waals surface area contributed by atoms with E-state index in [9.17, 15) is 4.79 Å². The highest BCUT2D eigenvalue weighted by Gasteiger charge is 2.45. The summed E-state index contributed by atoms with van der Waals surface area (Å²) in [4.78, 5) is 13.3. The Hall–Kier alpha value is -0.530. The summed E-state index contributed by atoms with van der Waals surface area (Å²) in [6, 6.07) is 0. The van der Waals surface area contributed by atoms with Crippen molar-refractivity contribution in [2.24, 2.45) is 17.3 Å². The summed E-state index contributed by atoms with van der Waals surface area (Å²) in [6.45, 7) is 8.35. The number of carbonyl (C=O) groups is 1. The van der Waals surface area contributed by atoms with E-state index in [0.717, 1.165) is 24.9 Å². The summed E-state index contributed by atoms with van der Waals surface area (Å²) >= 11 is 0. The molecule has 2 rings (SSSR count). The molecule has 2 fully saturated rings. The van der Waals surface area contributed by atoms with Crippen LogP contribution >= 0.6 is 0 Å². The summed E-state index contributed by atoms with van der Waals surface area (Å²) in [5, 5.41) is 0. The molecule has 0 aromatic carbocycles. The van der Waals surface area contributed by atoms with E-state index in [1.807, 2.05) is 4.90 Å². The Bertz CT molecular complexity index is 269. The van der Waals surface area contributed by atoms with Crippen molar-refractivity contribution in [2.45, 2.75) is 59.3 Å². The minimum atomic E-state index is 0.260. The number of amides is 1. The third kappa shape index (κ3) is 3.02. The Kier molecular flexibility index (Phi) is 3.79. The van der Waals surface area contributed by atoms with Gasteiger partial charge in [-0.15, -0.1) is 0 Å². The Morgan fingerprint density at radius 2 is 1.88 bits per heavy atom. The van der Waals surface area contributed by atoms with E-state index in [-0.39, 0.29) is 5.91 Å². The van der Waals surface area contributed by atoms with Crippen LogP contribution in [0.3, 0.4) is 0 Å². The van der Waals surface area contributed by atoms with Gasteiger partial charge in [-0.05, 0) is 42.9 Å². The van der Waals surface area contributed by atoms with E-state index >= 15 is 0 Å². The lowest BCUT2D eigenvalue weighted by Gasteiger charge is -2.52. The van der Waals surface area contributed by atoms with Crippen molar-refractivity contribution < 1.29 is 4.79 Å². The Morgan fingerprint density at radius 3 is 2.35 bits per heavy atom. The van der Waals surface area contributed by atoms with Crippen LogP contribution in [0.2, 0.25) is 0 Å². The fraction of sp³-hybridized carbons (Fsp3) is 0.933. The third-order valence-electron chi connectivity index (χ3n) is 4.87. The van der Waals surface area contributed by atoms with Crippen LogP contribution in [-0.4, -0.2) is 23.9 Å². The molecule has 17 heavy (non-hydrogen) atoms. The SMILES string of the molecule is CC(=O)N1CCC2(CC1)CC(CCC(C)C)C2. The molecule has 0 aromatic rings. The molecule has 0 radical (unpaired) electrons. The lowest BCUT2D eigenvalue weighted by molar-refractivity contribution is -0.133. The molecule has 1 aliphatic heterocycles. The maximum Gasteiger partial charge on any atom is 0.219 e. The fourth-order valence-electron chi connectivity index (χ4n) is 3.64. The largest absolute Gasteiger partial charge is 0.343 e. The van der Waals surface area contributed by atoms with Gasteiger partial charge in [0.2, 0.25) is 5.91 Å². The zero-order valence-electron chi connectivity index (χ0n) is 11.7. The summed E-state index contributed by atoms with van der Waals surface area (Å²) in [6.07, 6.45) is 8.20. The molecule has 1 spiro atoms. The molecule has 0 unspecified atom stereocenters. The van der Waals surface area contributed by atoms with E-state index < -0.39 is 0 Å². The van der Waals surface area contributed by atoms with Gasteiger partial charge in [0.05, 0.1) is 0 Å². The van der Waals surface area contributed by atoms with Gasteiger partial charge in [-0.1, -0.05) is 26.7 Å². The standard InChI is InChI=1S/C15H27NO/c1-12(2)4-5-14-10-15(11-14)6-8-16(9-7-15)13(3)17/h12,14H,4-11H2,1-3H3. The number of nitrogens with zero attached hydrogens (tertiary/aromatic N) is 1. The van der Waals surface area contributed by atoms with E-state index in [0.29, 0.717) is 5.41 Å². The van der Waals surface area contributed by atoms with E-state index in [4.69, 9.17) is 0 Å². The number of hydrogen-bond donors (Lipinski definition) is 0. The van der Waals surface area contributed by atoms with Crippen LogP contribution in [0.15, 0.2) is 0 Å². The second-order valence-electron chi connectivity index (χ2n) is 6.75. The first-order valence-electron chi connectivity index (χ1n) is 7.26. The highest BCUT2D eigenvalue weighted by molar-refractivity contribution is 5.73. The van der Waals surface area contributed by atoms with Gasteiger partial charge in [0.1, 0.15) is 0 Å². The quantitative estimate of drug-likeness (QED) is 0.736. The lowest BCUT2D eigenvalue weighted by atomic mass is 9.56. The molecule has 98 valence electrons. The first-order valence-corrected chi connectivity index (χ1v) is 7.26. The normalized spacial score (nSPS) is 24.1. The number of hydrogen-bond acceptors (Lipinski definition) is 1. The van der Waals surface area contributed by atoms with Crippen molar-refractivity contribution in [1.29, 1.82) is 0 Å². The second-order valence-corrected chi connectivity index (χ2v) is 6.75. The molecular formula is C15H27NO. The lowest BCUT2D eigenvalue weighted by Crippen LogP contribution is -2.48. The van der Waals surface area contributed by atoms with Crippen LogP contribution in [0.4, 0.5) is 0 Å². The maximum absolute atomic E-state index is 11.3. The van der Waals surface area contributed by atoms with Crippen molar-refractivity contribution in [1.82, 2.24) is 4.90 Å². The highest BCUT2D eigenvalue weighted by Crippen LogP contribution is 2.54. The Labute approximate surface area is 106 Å². The van der Waals surface area contributed by atoms with Gasteiger partial charge < -0.3 is 4.90 Å². The number of piperidine rings is 1. The number of carbonyl (C=O) groups excluding carboxylic acids is 1. The molecule has 2 nitrogen and oxygen atoms in total. The van der Waals surface area contributed by atoms with Gasteiger partial charge in [0.25, 0.3) is 0 Å². The molecule has 1 heterocycles. The van der Waals surface area contributed by atoms with Crippen LogP contribution in [-0.2, 0) is 4.79 Å². The summed E-state index contributed by atoms with van der Waals surface area (Å²) in [5.74, 6) is 2.10. The van der Waals surface area contributed by atoms with Crippen LogP contribution in [0.5, 0.6) is 0 Å². The minimum absolute atomic E-state index is 0.260. The maximum atomic E-state index is 11.3. The Balaban J connectivity index is 1.70. The van der Waals surface area contributed by atoms with E-state index in [1.54, 1.807) is 6.92 Å². The predicted molar refractivity (Wildman–Crippen MR) is 70.7 cm³/mol. The van der Waals surface area contributed by atoms with Gasteiger partial charge in [-0.25, -0.2) is 0 Å². The number of rotatable bonds is 3. The number of likely N-dealkylation sites (tertiary alicyclic amines) is 1. The molecule has 1 amide bonds. The van der Waals surface area contributed by atoms with Crippen LogP contribution in [0.25, 0.3) is 0 Å². The second kappa shape index (κ2) is 4.99. The predicted octanol–water partition coefficient (Wildman–Crippen LogP) is 3.46. The monoisotopic (exact) mass is 237 g/mol. The van der Waals surface area contributed by atoms with E-state index in [2.05, 4.69) is 13.8 Å². The zero-order valence-corrected chi connectivity index (χ0v) is 11.7. The van der Waals surface area contributed by atoms with Crippen molar-refractivity contribution in [3.8, 4) is 0 Å². The van der Waals surface area contributed by atoms with Gasteiger partial charge in [-0.2, -0.15) is 0 Å². The van der Waals surface area contributed by atoms with Gasteiger partial charge in [0.15, 0.2) is 0 Å². The molecule has 2 heteroatoms. The smallest absolute Gasteiger partial charge is 0.219 e. The topological polar surface area (TPSA) is 20.3 Å². The molecule has 1 aliphatic carbocycles. The molecule has 0 aromatic heterocycles. The third-order valence-corrected chi connectivity index (χ3v) is 4.87. The highest BCUT2D eigenvalue weighted by atomic mass is 16.2. The molecule has 2 aliphatic rings. The van der Waals surface area contributed by atoms with Crippen molar-refractivity contribution in [2.75, 3.05) is 13.1 Å². The molecule has 1 saturated heterocycles. The molecule has 0 bridgehead atoms. The first-order chi connectivity index (χ1) is 8.01. The first kappa shape index (κ1) is 12.9. The van der Waals surface area contributed by atoms with Gasteiger partial charge in [0, 0.05) is 20.0 Å². The average molecular weight is 237 g/mol. The van der Waals surface area contributed by atoms with Crippen molar-refractivity contribution >= 4 is 5.91 Å². The molecule has 0 atom stereocenters. The van der Waals surface area contributed by atoms with Crippen LogP contribution < -0.4 is 0 Å². The molecular weight excluding hydrogens is 210 g/mol. The van der Waals surface area contributed by atoms with Crippen LogP contribution in [0, 0.1) is 17.3 Å². The van der Waals surface area contributed by atoms with Crippen molar-refractivity contribution in [3.05, 3.63) is 0 Å². The summed E-state index contributed by atoms with van der Waals surface area (Å²) in [5.41, 5.74) is 0.633. The van der Waals surface area contributed by atoms with E-state index in [1.165, 1.54) is 38.5 Å². The summed E-state index contributed by atoms with van der Waals surface area (Å²) in [7, 11) is 0. The van der Waals surface area contributed by atoms with Crippen molar-refractivity contribution in [3.63, 3.8) is 0 Å². The summed E-state index contributed by atoms with van der Waals surface area (Å²) < 4.78 is 0. The average Bonchev–Trinajstić information content (AvgIpc) is 2.23. The Morgan fingerprint density at radius 1 is 1.29 bits per heavy atom. The fourth-order valence-corrected chi connectivity index (χ4v) is 3.64. The molecule has 1 saturated carbocycles. The van der Waals surface area contributed by atoms with Crippen LogP contribution in [0.1, 0.15) is 59.3 Å². The zero-order chi connectivity index (χ0) is 12.5. The minimum Gasteiger partial charge on any atom is -0.343 e. The van der Waals surface area contributed by atoms with Gasteiger partial charge >= 0.3 is 0 Å².